The number of amides is 2. The fraction of sp³-hybridized carbons (Fsp3) is 0.259. The van der Waals surface area contributed by atoms with E-state index in [0.717, 1.165) is 29.0 Å². The number of fused-ring (bicyclic) bond motifs is 1. The van der Waals surface area contributed by atoms with E-state index in [2.05, 4.69) is 32.5 Å². The fourth-order valence-corrected chi connectivity index (χ4v) is 5.90. The molecule has 1 aliphatic heterocycles. The van der Waals surface area contributed by atoms with E-state index >= 15 is 0 Å². The molecule has 15 heteroatoms. The second kappa shape index (κ2) is 12.1. The Bertz CT molecular complexity index is 1740. The lowest BCUT2D eigenvalue weighted by Gasteiger charge is -2.39. The minimum Gasteiger partial charge on any atom is -0.493 e. The number of pyridine rings is 1. The molecular weight excluding hydrogens is 584 g/mol. The molecule has 0 bridgehead atoms. The molecule has 42 heavy (non-hydrogen) atoms. The van der Waals surface area contributed by atoms with Crippen LogP contribution in [0.15, 0.2) is 63.5 Å². The number of carbonyl (C=O) groups is 2. The zero-order valence-corrected chi connectivity index (χ0v) is 23.9. The van der Waals surface area contributed by atoms with Crippen molar-refractivity contribution in [3.05, 3.63) is 69.7 Å². The number of nitrogens with two attached hydrogens (primary N) is 1. The Labute approximate surface area is 248 Å². The zero-order valence-electron chi connectivity index (χ0n) is 22.3. The smallest absolute Gasteiger partial charge is 0.404 e. The molecule has 1 aliphatic rings. The van der Waals surface area contributed by atoms with Crippen LogP contribution < -0.4 is 26.8 Å². The van der Waals surface area contributed by atoms with Gasteiger partial charge in [-0.1, -0.05) is 42.4 Å². The van der Waals surface area contributed by atoms with Gasteiger partial charge in [-0.25, -0.2) is 14.8 Å². The van der Waals surface area contributed by atoms with Crippen molar-refractivity contribution in [2.45, 2.75) is 35.7 Å². The molecule has 0 spiro atoms. The lowest BCUT2D eigenvalue weighted by atomic mass is 9.92. The van der Waals surface area contributed by atoms with Crippen molar-refractivity contribution in [1.29, 1.82) is 0 Å². The average molecular weight is 611 g/mol. The van der Waals surface area contributed by atoms with Crippen LogP contribution in [0.25, 0.3) is 5.65 Å². The summed E-state index contributed by atoms with van der Waals surface area (Å²) < 4.78 is 1.16. The van der Waals surface area contributed by atoms with Gasteiger partial charge in [0, 0.05) is 30.2 Å². The van der Waals surface area contributed by atoms with E-state index in [9.17, 15) is 19.5 Å². The second-order valence-corrected chi connectivity index (χ2v) is 11.2. The summed E-state index contributed by atoms with van der Waals surface area (Å²) in [5.41, 5.74) is 5.41. The van der Waals surface area contributed by atoms with Gasteiger partial charge in [0.1, 0.15) is 16.5 Å². The Morgan fingerprint density at radius 1 is 1.21 bits per heavy atom. The maximum absolute atomic E-state index is 13.0. The van der Waals surface area contributed by atoms with Gasteiger partial charge >= 0.3 is 6.09 Å². The zero-order chi connectivity index (χ0) is 30.0. The lowest BCUT2D eigenvalue weighted by Crippen LogP contribution is -2.48. The number of rotatable bonds is 7. The molecular formula is C27H27ClN8O5S. The predicted octanol–water partition coefficient (Wildman–Crippen LogP) is 3.70. The largest absolute Gasteiger partial charge is 0.493 e. The summed E-state index contributed by atoms with van der Waals surface area (Å²) in [4.78, 5) is 52.4. The number of piperidine rings is 1. The number of anilines is 3. The van der Waals surface area contributed by atoms with Gasteiger partial charge in [0.15, 0.2) is 11.4 Å². The number of hydrogen-bond donors (Lipinski definition) is 5. The molecule has 0 saturated carbocycles. The summed E-state index contributed by atoms with van der Waals surface area (Å²) in [6.07, 6.45) is 3.67. The summed E-state index contributed by atoms with van der Waals surface area (Å²) in [5.74, 6) is -0.427. The summed E-state index contributed by atoms with van der Waals surface area (Å²) in [6, 6.07) is 9.62. The van der Waals surface area contributed by atoms with Gasteiger partial charge in [0.05, 0.1) is 16.9 Å². The Morgan fingerprint density at radius 2 is 2.02 bits per heavy atom. The third-order valence-electron chi connectivity index (χ3n) is 6.87. The number of benzene rings is 1. The molecule has 5 rings (SSSR count). The maximum atomic E-state index is 13.0. The molecule has 218 valence electrons. The lowest BCUT2D eigenvalue weighted by molar-refractivity contribution is 0.102. The van der Waals surface area contributed by atoms with E-state index in [4.69, 9.17) is 22.4 Å². The van der Waals surface area contributed by atoms with Crippen molar-refractivity contribution in [2.24, 2.45) is 5.92 Å². The molecule has 6 N–H and O–H groups in total. The van der Waals surface area contributed by atoms with E-state index in [-0.39, 0.29) is 34.8 Å². The highest BCUT2D eigenvalue weighted by atomic mass is 35.5. The first-order valence-corrected chi connectivity index (χ1v) is 14.2. The normalized spacial score (nSPS) is 16.8. The molecule has 3 aromatic heterocycles. The van der Waals surface area contributed by atoms with Gasteiger partial charge < -0.3 is 31.5 Å². The first kappa shape index (κ1) is 29.0. The molecule has 1 saturated heterocycles. The van der Waals surface area contributed by atoms with Crippen LogP contribution in [-0.2, 0) is 0 Å². The quantitative estimate of drug-likeness (QED) is 0.205. The molecule has 0 aliphatic carbocycles. The van der Waals surface area contributed by atoms with E-state index in [1.807, 2.05) is 4.90 Å². The van der Waals surface area contributed by atoms with Crippen LogP contribution >= 0.6 is 23.4 Å². The molecule has 2 amide bonds. The van der Waals surface area contributed by atoms with Crippen molar-refractivity contribution < 1.29 is 19.8 Å². The minimum absolute atomic E-state index is 0.0860. The predicted molar refractivity (Wildman–Crippen MR) is 159 cm³/mol. The number of carboxylic acid groups (broad SMARTS) is 1. The van der Waals surface area contributed by atoms with Crippen LogP contribution in [-0.4, -0.2) is 60.7 Å². The van der Waals surface area contributed by atoms with Crippen molar-refractivity contribution >= 4 is 58.3 Å². The molecule has 0 radical (unpaired) electrons. The summed E-state index contributed by atoms with van der Waals surface area (Å²) in [6.45, 7) is 3.07. The van der Waals surface area contributed by atoms with Gasteiger partial charge in [0.2, 0.25) is 5.88 Å². The van der Waals surface area contributed by atoms with Crippen LogP contribution in [0.5, 0.6) is 5.88 Å². The molecule has 1 fully saturated rings. The Kier molecular flexibility index (Phi) is 8.36. The van der Waals surface area contributed by atoms with Crippen molar-refractivity contribution in [3.63, 3.8) is 0 Å². The number of carbonyl (C=O) groups excluding carboxylic acids is 1. The molecule has 4 aromatic rings. The third-order valence-corrected chi connectivity index (χ3v) is 8.46. The number of halogens is 1. The Hall–Kier alpha value is -4.56. The Morgan fingerprint density at radius 3 is 2.79 bits per heavy atom. The number of nitrogen functional groups attached to an aromatic ring is 1. The maximum Gasteiger partial charge on any atom is 0.404 e. The van der Waals surface area contributed by atoms with E-state index in [1.54, 1.807) is 36.5 Å². The molecule has 13 nitrogen and oxygen atoms in total. The summed E-state index contributed by atoms with van der Waals surface area (Å²) >= 11 is 7.75. The topological polar surface area (TPSA) is 188 Å². The standard InChI is InChI=1S/C27H27ClN8O5S/c1-14-8-10-35(15(11-14)12-31-27(40)41)19-13-30-25(22(29)33-19)42-17-6-4-5-16(21(17)28)32-23(37)20-24(38)34-18-7-2-3-9-36(18)26(20)39/h2-7,9,13-15,31,38H,8,10-12H2,1H3,(H2,29,33)(H,32,37)(H,40,41). The van der Waals surface area contributed by atoms with Crippen molar-refractivity contribution in [3.8, 4) is 5.88 Å². The number of aromatic nitrogens is 4. The first-order chi connectivity index (χ1) is 20.1. The minimum atomic E-state index is -1.08. The molecule has 4 heterocycles. The van der Waals surface area contributed by atoms with Crippen LogP contribution in [0.2, 0.25) is 5.02 Å². The SMILES string of the molecule is CC1CCN(c2cnc(Sc3cccc(NC(=O)c4c(O)nc5ccccn5c4=O)c3Cl)c(N)n2)C(CNC(=O)O)C1. The monoisotopic (exact) mass is 610 g/mol. The Balaban J connectivity index is 1.35. The van der Waals surface area contributed by atoms with Gasteiger partial charge in [-0.3, -0.25) is 14.0 Å². The third kappa shape index (κ3) is 6.04. The number of hydrogen-bond acceptors (Lipinski definition) is 10. The van der Waals surface area contributed by atoms with Crippen LogP contribution in [0.1, 0.15) is 30.1 Å². The fourth-order valence-electron chi connectivity index (χ4n) is 4.80. The van der Waals surface area contributed by atoms with Crippen LogP contribution in [0.4, 0.5) is 22.1 Å². The van der Waals surface area contributed by atoms with Gasteiger partial charge in [-0.2, -0.15) is 4.98 Å². The van der Waals surface area contributed by atoms with E-state index in [1.165, 1.54) is 12.3 Å². The highest BCUT2D eigenvalue weighted by molar-refractivity contribution is 7.99. The van der Waals surface area contributed by atoms with E-state index in [0.29, 0.717) is 28.2 Å². The summed E-state index contributed by atoms with van der Waals surface area (Å²) in [5, 5.41) is 24.9. The number of nitrogens with zero attached hydrogens (tertiary/aromatic N) is 5. The molecule has 1 aromatic carbocycles. The number of aromatic hydroxyl groups is 1. The van der Waals surface area contributed by atoms with Crippen molar-refractivity contribution in [1.82, 2.24) is 24.7 Å². The molecule has 2 unspecified atom stereocenters. The highest BCUT2D eigenvalue weighted by Crippen LogP contribution is 2.39. The molecule has 2 atom stereocenters. The van der Waals surface area contributed by atoms with Crippen molar-refractivity contribution in [2.75, 3.05) is 29.0 Å². The average Bonchev–Trinajstić information content (AvgIpc) is 2.95. The van der Waals surface area contributed by atoms with E-state index < -0.39 is 29.0 Å². The van der Waals surface area contributed by atoms with Crippen LogP contribution in [0, 0.1) is 5.92 Å². The van der Waals surface area contributed by atoms with Gasteiger partial charge in [-0.15, -0.1) is 0 Å². The highest BCUT2D eigenvalue weighted by Gasteiger charge is 2.28. The second-order valence-electron chi connectivity index (χ2n) is 9.80. The summed E-state index contributed by atoms with van der Waals surface area (Å²) in [7, 11) is 0. The first-order valence-electron chi connectivity index (χ1n) is 13.0. The number of nitrogens with one attached hydrogen (secondary N) is 2. The van der Waals surface area contributed by atoms with Crippen LogP contribution in [0.3, 0.4) is 0 Å². The van der Waals surface area contributed by atoms with Gasteiger partial charge in [0.25, 0.3) is 11.5 Å². The van der Waals surface area contributed by atoms with Gasteiger partial charge in [-0.05, 0) is 43.0 Å².